The predicted molar refractivity (Wildman–Crippen MR) is 97.7 cm³/mol. The number of nitrogens with one attached hydrogen (secondary N) is 1. The van der Waals surface area contributed by atoms with E-state index in [2.05, 4.69) is 5.32 Å². The third-order valence-corrected chi connectivity index (χ3v) is 4.63. The van der Waals surface area contributed by atoms with Gasteiger partial charge in [-0.2, -0.15) is 0 Å². The lowest BCUT2D eigenvalue weighted by atomic mass is 10.2. The molecule has 1 N–H and O–H groups in total. The first-order valence-electron chi connectivity index (χ1n) is 7.68. The molecule has 0 atom stereocenters. The second kappa shape index (κ2) is 7.75. The first kappa shape index (κ1) is 18.2. The molecule has 136 valence electrons. The topological polar surface area (TPSA) is 116 Å². The number of imide groups is 1. The van der Waals surface area contributed by atoms with Gasteiger partial charge in [-0.1, -0.05) is 18.2 Å². The molecular formula is C18H12N2O6S. The number of benzene rings is 2. The molecule has 0 radical (unpaired) electrons. The van der Waals surface area contributed by atoms with E-state index in [0.717, 1.165) is 11.3 Å². The number of hydrogen-bond donors (Lipinski definition) is 1. The van der Waals surface area contributed by atoms with Gasteiger partial charge in [0.05, 0.1) is 4.92 Å². The first-order chi connectivity index (χ1) is 12.9. The third-order valence-electron chi connectivity index (χ3n) is 3.54. The third kappa shape index (κ3) is 4.33. The van der Waals surface area contributed by atoms with E-state index in [-0.39, 0.29) is 10.6 Å². The molecule has 3 rings (SSSR count). The average Bonchev–Trinajstić information content (AvgIpc) is 3.10. The normalized spacial score (nSPS) is 10.4. The van der Waals surface area contributed by atoms with Crippen LogP contribution in [0.3, 0.4) is 0 Å². The zero-order valence-corrected chi connectivity index (χ0v) is 14.5. The summed E-state index contributed by atoms with van der Waals surface area (Å²) in [6.45, 7) is -0.619. The van der Waals surface area contributed by atoms with Gasteiger partial charge >= 0.3 is 5.97 Å². The highest BCUT2D eigenvalue weighted by Gasteiger charge is 2.17. The zero-order valence-electron chi connectivity index (χ0n) is 13.7. The average molecular weight is 384 g/mol. The van der Waals surface area contributed by atoms with Crippen molar-refractivity contribution in [1.29, 1.82) is 0 Å². The molecule has 2 amide bonds. The Kier molecular flexibility index (Phi) is 5.23. The van der Waals surface area contributed by atoms with Gasteiger partial charge in [0.1, 0.15) is 4.88 Å². The highest BCUT2D eigenvalue weighted by Crippen LogP contribution is 2.29. The summed E-state index contributed by atoms with van der Waals surface area (Å²) in [6, 6.07) is 13.8. The molecule has 0 unspecified atom stereocenters. The molecule has 0 saturated heterocycles. The second-order valence-electron chi connectivity index (χ2n) is 5.41. The molecule has 0 aliphatic rings. The molecule has 0 aliphatic carbocycles. The van der Waals surface area contributed by atoms with E-state index < -0.39 is 29.3 Å². The monoisotopic (exact) mass is 384 g/mol. The smallest absolute Gasteiger partial charge is 0.348 e. The van der Waals surface area contributed by atoms with Crippen molar-refractivity contribution < 1.29 is 24.0 Å². The number of amides is 2. The number of nitrogens with zero attached hydrogens (tertiary/aromatic N) is 1. The number of ether oxygens (including phenoxy) is 1. The maximum absolute atomic E-state index is 12.1. The number of hydrogen-bond acceptors (Lipinski definition) is 7. The van der Waals surface area contributed by atoms with Gasteiger partial charge in [-0.15, -0.1) is 11.3 Å². The van der Waals surface area contributed by atoms with Crippen LogP contribution in [0.2, 0.25) is 0 Å². The molecular weight excluding hydrogens is 372 g/mol. The Balaban J connectivity index is 1.60. The van der Waals surface area contributed by atoms with Crippen LogP contribution in [-0.2, 0) is 9.53 Å². The van der Waals surface area contributed by atoms with E-state index in [1.165, 1.54) is 18.2 Å². The van der Waals surface area contributed by atoms with Crippen LogP contribution >= 0.6 is 11.3 Å². The molecule has 0 saturated carbocycles. The van der Waals surface area contributed by atoms with Gasteiger partial charge < -0.3 is 4.74 Å². The fourth-order valence-corrected chi connectivity index (χ4v) is 3.21. The zero-order chi connectivity index (χ0) is 19.4. The highest BCUT2D eigenvalue weighted by atomic mass is 32.1. The largest absolute Gasteiger partial charge is 0.451 e. The summed E-state index contributed by atoms with van der Waals surface area (Å²) in [4.78, 5) is 46.2. The maximum atomic E-state index is 12.1. The van der Waals surface area contributed by atoms with Crippen molar-refractivity contribution in [3.63, 3.8) is 0 Å². The summed E-state index contributed by atoms with van der Waals surface area (Å²) in [5.41, 5.74) is 0.224. The summed E-state index contributed by atoms with van der Waals surface area (Å²) >= 11 is 1.09. The number of non-ortho nitro benzene ring substituents is 1. The number of carbonyl (C=O) groups excluding carboxylic acids is 3. The van der Waals surface area contributed by atoms with Crippen molar-refractivity contribution in [2.24, 2.45) is 0 Å². The van der Waals surface area contributed by atoms with Crippen molar-refractivity contribution >= 4 is 44.9 Å². The van der Waals surface area contributed by atoms with Crippen LogP contribution in [-0.4, -0.2) is 29.3 Å². The Hall–Kier alpha value is -3.59. The van der Waals surface area contributed by atoms with E-state index in [1.54, 1.807) is 36.4 Å². The van der Waals surface area contributed by atoms with Crippen molar-refractivity contribution in [2.45, 2.75) is 0 Å². The lowest BCUT2D eigenvalue weighted by Gasteiger charge is -2.04. The summed E-state index contributed by atoms with van der Waals surface area (Å²) in [5, 5.41) is 13.5. The molecule has 0 fully saturated rings. The van der Waals surface area contributed by atoms with Gasteiger partial charge in [-0.05, 0) is 24.3 Å². The van der Waals surface area contributed by atoms with E-state index in [1.807, 2.05) is 0 Å². The van der Waals surface area contributed by atoms with Crippen molar-refractivity contribution in [1.82, 2.24) is 5.32 Å². The molecule has 0 bridgehead atoms. The SMILES string of the molecule is O=C(COC(=O)c1cc2cc([N+](=O)[O-])ccc2s1)NC(=O)c1ccccc1. The van der Waals surface area contributed by atoms with Crippen LogP contribution < -0.4 is 5.32 Å². The van der Waals surface area contributed by atoms with Crippen LogP contribution in [0.15, 0.2) is 54.6 Å². The Bertz CT molecular complexity index is 1040. The van der Waals surface area contributed by atoms with Crippen LogP contribution in [0, 0.1) is 10.1 Å². The maximum Gasteiger partial charge on any atom is 0.348 e. The number of nitro groups is 1. The van der Waals surface area contributed by atoms with E-state index in [4.69, 9.17) is 4.74 Å². The van der Waals surface area contributed by atoms with Crippen LogP contribution in [0.5, 0.6) is 0 Å². The van der Waals surface area contributed by atoms with E-state index in [0.29, 0.717) is 15.6 Å². The molecule has 0 aliphatic heterocycles. The molecule has 2 aromatic carbocycles. The van der Waals surface area contributed by atoms with Crippen molar-refractivity contribution in [2.75, 3.05) is 6.61 Å². The van der Waals surface area contributed by atoms with Crippen LogP contribution in [0.25, 0.3) is 10.1 Å². The van der Waals surface area contributed by atoms with Gasteiger partial charge in [0.2, 0.25) is 0 Å². The summed E-state index contributed by atoms with van der Waals surface area (Å²) in [5.74, 6) is -2.10. The Morgan fingerprint density at radius 2 is 1.81 bits per heavy atom. The number of fused-ring (bicyclic) bond motifs is 1. The van der Waals surface area contributed by atoms with Crippen LogP contribution in [0.4, 0.5) is 5.69 Å². The fourth-order valence-electron chi connectivity index (χ4n) is 2.27. The minimum Gasteiger partial charge on any atom is -0.451 e. The van der Waals surface area contributed by atoms with Gasteiger partial charge in [0, 0.05) is 27.8 Å². The van der Waals surface area contributed by atoms with E-state index in [9.17, 15) is 24.5 Å². The Morgan fingerprint density at radius 1 is 1.07 bits per heavy atom. The lowest BCUT2D eigenvalue weighted by Crippen LogP contribution is -2.34. The van der Waals surface area contributed by atoms with Crippen molar-refractivity contribution in [3.05, 3.63) is 75.2 Å². The van der Waals surface area contributed by atoms with E-state index >= 15 is 0 Å². The molecule has 27 heavy (non-hydrogen) atoms. The molecule has 0 spiro atoms. The standard InChI is InChI=1S/C18H12N2O6S/c21-16(19-17(22)11-4-2-1-3-5-11)10-26-18(23)15-9-12-8-13(20(24)25)6-7-14(12)27-15/h1-9H,10H2,(H,19,21,22). The Labute approximate surface area is 156 Å². The molecule has 1 aromatic heterocycles. The summed E-state index contributed by atoms with van der Waals surface area (Å²) in [6.07, 6.45) is 0. The summed E-state index contributed by atoms with van der Waals surface area (Å²) in [7, 11) is 0. The Morgan fingerprint density at radius 3 is 2.52 bits per heavy atom. The van der Waals surface area contributed by atoms with Gasteiger partial charge in [-0.25, -0.2) is 4.79 Å². The number of rotatable bonds is 5. The van der Waals surface area contributed by atoms with Gasteiger partial charge in [-0.3, -0.25) is 25.0 Å². The highest BCUT2D eigenvalue weighted by molar-refractivity contribution is 7.20. The first-order valence-corrected chi connectivity index (χ1v) is 8.50. The number of thiophene rings is 1. The number of carbonyl (C=O) groups is 3. The number of esters is 1. The molecule has 1 heterocycles. The van der Waals surface area contributed by atoms with Gasteiger partial charge in [0.25, 0.3) is 17.5 Å². The van der Waals surface area contributed by atoms with Crippen molar-refractivity contribution in [3.8, 4) is 0 Å². The minimum absolute atomic E-state index is 0.0842. The number of nitro benzene ring substituents is 1. The molecule has 9 heteroatoms. The van der Waals surface area contributed by atoms with Crippen LogP contribution in [0.1, 0.15) is 20.0 Å². The molecule has 8 nitrogen and oxygen atoms in total. The second-order valence-corrected chi connectivity index (χ2v) is 6.49. The summed E-state index contributed by atoms with van der Waals surface area (Å²) < 4.78 is 5.58. The minimum atomic E-state index is -0.756. The fraction of sp³-hybridized carbons (Fsp3) is 0.0556. The predicted octanol–water partition coefficient (Wildman–Crippen LogP) is 2.92. The molecule has 3 aromatic rings. The van der Waals surface area contributed by atoms with Gasteiger partial charge in [0.15, 0.2) is 6.61 Å². The quantitative estimate of drug-likeness (QED) is 0.411. The lowest BCUT2D eigenvalue weighted by molar-refractivity contribution is -0.384.